The van der Waals surface area contributed by atoms with Gasteiger partial charge in [0.25, 0.3) is 0 Å². The van der Waals surface area contributed by atoms with Crippen LogP contribution >= 0.6 is 15.6 Å². The first-order valence-electron chi connectivity index (χ1n) is 50.1. The second-order valence-corrected chi connectivity index (χ2v) is 36.1. The summed E-state index contributed by atoms with van der Waals surface area (Å²) in [5, 5.41) is 20.8. The molecule has 0 radical (unpaired) electrons. The van der Waals surface area contributed by atoms with Crippen LogP contribution in [0, 0.1) is 0 Å². The molecule has 0 aliphatic rings. The Morgan fingerprint density at radius 3 is 0.672 bits per heavy atom. The van der Waals surface area contributed by atoms with E-state index in [1.54, 1.807) is 0 Å². The van der Waals surface area contributed by atoms with E-state index >= 15 is 0 Å². The Morgan fingerprint density at radius 1 is 0.232 bits per heavy atom. The van der Waals surface area contributed by atoms with Gasteiger partial charge in [-0.05, 0) is 161 Å². The molecule has 0 aromatic rings. The van der Waals surface area contributed by atoms with Gasteiger partial charge in [0.1, 0.15) is 25.4 Å². The van der Waals surface area contributed by atoms with Gasteiger partial charge in [-0.15, -0.1) is 0 Å². The highest BCUT2D eigenvalue weighted by atomic mass is 31.2. The minimum Gasteiger partial charge on any atom is -0.463 e. The summed E-state index contributed by atoms with van der Waals surface area (Å²) in [6.07, 6.45) is 130. The number of aliphatic hydroxyl groups is 2. The van der Waals surface area contributed by atoms with Crippen molar-refractivity contribution < 1.29 is 75.8 Å². The zero-order valence-corrected chi connectivity index (χ0v) is 81.0. The molecule has 0 heterocycles. The number of ether oxygens (including phenoxy) is 3. The molecule has 0 aromatic heterocycles. The van der Waals surface area contributed by atoms with Gasteiger partial charge in [-0.25, -0.2) is 9.13 Å². The third kappa shape index (κ3) is 99.1. The van der Waals surface area contributed by atoms with Gasteiger partial charge in [0.2, 0.25) is 0 Å². The van der Waals surface area contributed by atoms with E-state index in [1.165, 1.54) is 193 Å². The van der Waals surface area contributed by atoms with Crippen molar-refractivity contribution >= 4 is 33.6 Å². The Kier molecular flexibility index (Phi) is 93.5. The first-order chi connectivity index (χ1) is 61.2. The molecular weight excluding hydrogens is 1600 g/mol. The van der Waals surface area contributed by atoms with Crippen LogP contribution in [-0.4, -0.2) is 95.9 Å². The standard InChI is InChI=1S/C107H182O16P2/c1-4-7-10-13-16-19-22-25-28-31-34-37-39-41-43-45-47-49-50-52-54-55-57-59-61-64-66-69-72-75-78-81-84-87-90-93-105(110)117-96-102(108)97-119-124(113,114)120-98-103(109)99-121-125(115,116)122-101-104(123-107(112)95-92-89-86-83-80-77-74-71-68-63-36-33-30-27-24-21-18-15-12-9-6-3)100-118-106(111)94-91-88-85-82-79-76-73-70-67-65-62-60-58-56-53-51-48-46-44-42-40-38-35-32-29-26-23-20-17-14-11-8-5-2/h7-8,10-11,16-21,25-30,34-38,41-44,47,49,63,71,74,102-104,108-109H,4-6,9,12-15,22-24,31-33,39-40,45-46,48,50-62,64-70,72-73,75-101H2,1-3H3,(H,113,114)(H,115,116)/b10-7-,11-8-,19-16-,20-17-,21-18-,28-25-,29-26-,30-27-,37-34-,38-35-,43-41-,44-42-,49-47-,63-36-,74-71-. The number of aliphatic hydroxyl groups excluding tert-OH is 2. The van der Waals surface area contributed by atoms with Crippen LogP contribution in [0.1, 0.15) is 419 Å². The van der Waals surface area contributed by atoms with E-state index in [0.29, 0.717) is 19.3 Å². The maximum atomic E-state index is 13.1. The molecule has 0 bridgehead atoms. The number of phosphoric acid groups is 2. The molecule has 16 nitrogen and oxygen atoms in total. The molecule has 0 aromatic carbocycles. The Morgan fingerprint density at radius 2 is 0.424 bits per heavy atom. The summed E-state index contributed by atoms with van der Waals surface area (Å²) in [6, 6.07) is 0. The summed E-state index contributed by atoms with van der Waals surface area (Å²) in [5.41, 5.74) is 0. The average Bonchev–Trinajstić information content (AvgIpc) is 0.895. The van der Waals surface area contributed by atoms with Gasteiger partial charge < -0.3 is 34.2 Å². The molecule has 125 heavy (non-hydrogen) atoms. The molecule has 0 saturated carbocycles. The zero-order chi connectivity index (χ0) is 90.7. The van der Waals surface area contributed by atoms with E-state index in [-0.39, 0.29) is 19.3 Å². The summed E-state index contributed by atoms with van der Waals surface area (Å²) in [6.45, 7) is 2.46. The van der Waals surface area contributed by atoms with Crippen molar-refractivity contribution in [3.05, 3.63) is 182 Å². The summed E-state index contributed by atoms with van der Waals surface area (Å²) in [4.78, 5) is 59.1. The van der Waals surface area contributed by atoms with Gasteiger partial charge in [0.05, 0.1) is 26.4 Å². The van der Waals surface area contributed by atoms with Crippen LogP contribution in [0.5, 0.6) is 0 Å². The van der Waals surface area contributed by atoms with Crippen LogP contribution in [0.2, 0.25) is 0 Å². The quantitative estimate of drug-likeness (QED) is 0.0146. The van der Waals surface area contributed by atoms with Gasteiger partial charge >= 0.3 is 33.6 Å². The molecule has 0 aliphatic carbocycles. The Bertz CT molecular complexity index is 3000. The fourth-order valence-corrected chi connectivity index (χ4v) is 15.2. The molecule has 18 heteroatoms. The number of phosphoric ester groups is 2. The summed E-state index contributed by atoms with van der Waals surface area (Å²) >= 11 is 0. The van der Waals surface area contributed by atoms with E-state index in [1.807, 2.05) is 0 Å². The number of unbranched alkanes of at least 4 members (excludes halogenated alkanes) is 41. The molecule has 0 spiro atoms. The maximum absolute atomic E-state index is 13.1. The van der Waals surface area contributed by atoms with Crippen molar-refractivity contribution in [2.24, 2.45) is 0 Å². The smallest absolute Gasteiger partial charge is 0.463 e. The fraction of sp³-hybridized carbons (Fsp3) is 0.692. The Hall–Kier alpha value is -5.35. The number of rotatable bonds is 94. The van der Waals surface area contributed by atoms with Crippen LogP contribution < -0.4 is 0 Å². The van der Waals surface area contributed by atoms with Crippen molar-refractivity contribution in [3.63, 3.8) is 0 Å². The number of hydrogen-bond acceptors (Lipinski definition) is 14. The molecule has 0 rings (SSSR count). The summed E-state index contributed by atoms with van der Waals surface area (Å²) in [7, 11) is -9.82. The molecule has 0 amide bonds. The van der Waals surface area contributed by atoms with Crippen LogP contribution in [0.15, 0.2) is 182 Å². The zero-order valence-electron chi connectivity index (χ0n) is 79.2. The number of carbonyl (C=O) groups is 3. The molecule has 716 valence electrons. The van der Waals surface area contributed by atoms with E-state index in [9.17, 15) is 43.5 Å². The normalized spacial score (nSPS) is 14.5. The monoisotopic (exact) mass is 1790 g/mol. The van der Waals surface area contributed by atoms with Crippen molar-refractivity contribution in [3.8, 4) is 0 Å². The van der Waals surface area contributed by atoms with Crippen LogP contribution in [0.25, 0.3) is 0 Å². The van der Waals surface area contributed by atoms with E-state index in [2.05, 4.69) is 203 Å². The molecule has 0 aliphatic heterocycles. The van der Waals surface area contributed by atoms with Crippen molar-refractivity contribution in [2.45, 2.75) is 437 Å². The van der Waals surface area contributed by atoms with Gasteiger partial charge in [0, 0.05) is 19.3 Å². The van der Waals surface area contributed by atoms with E-state index < -0.39 is 91.5 Å². The Balaban J connectivity index is 4.54. The maximum Gasteiger partial charge on any atom is 0.472 e. The summed E-state index contributed by atoms with van der Waals surface area (Å²) < 4.78 is 61.6. The second kappa shape index (κ2) is 97.7. The van der Waals surface area contributed by atoms with Crippen LogP contribution in [0.4, 0.5) is 0 Å². The molecule has 5 unspecified atom stereocenters. The summed E-state index contributed by atoms with van der Waals surface area (Å²) in [5.74, 6) is -1.58. The average molecular weight is 1790 g/mol. The number of carbonyl (C=O) groups excluding carboxylic acids is 3. The lowest BCUT2D eigenvalue weighted by Gasteiger charge is -2.21. The highest BCUT2D eigenvalue weighted by Crippen LogP contribution is 2.45. The Labute approximate surface area is 764 Å². The molecular formula is C107H182O16P2. The van der Waals surface area contributed by atoms with E-state index in [4.69, 9.17) is 32.3 Å². The van der Waals surface area contributed by atoms with Crippen LogP contribution in [0.3, 0.4) is 0 Å². The number of hydrogen-bond donors (Lipinski definition) is 4. The molecule has 0 fully saturated rings. The third-order valence-corrected chi connectivity index (χ3v) is 23.0. The van der Waals surface area contributed by atoms with Gasteiger partial charge in [-0.1, -0.05) is 421 Å². The van der Waals surface area contributed by atoms with Crippen molar-refractivity contribution in [2.75, 3.05) is 39.6 Å². The van der Waals surface area contributed by atoms with Crippen LogP contribution in [-0.2, 0) is 55.8 Å². The molecule has 0 saturated heterocycles. The highest BCUT2D eigenvalue weighted by molar-refractivity contribution is 7.47. The predicted molar refractivity (Wildman–Crippen MR) is 528 cm³/mol. The fourth-order valence-electron chi connectivity index (χ4n) is 13.6. The first-order valence-corrected chi connectivity index (χ1v) is 53.1. The van der Waals surface area contributed by atoms with Gasteiger partial charge in [0.15, 0.2) is 6.10 Å². The van der Waals surface area contributed by atoms with Crippen molar-refractivity contribution in [1.82, 2.24) is 0 Å². The lowest BCUT2D eigenvalue weighted by molar-refractivity contribution is -0.161. The lowest BCUT2D eigenvalue weighted by atomic mass is 10.0. The molecule has 5 atom stereocenters. The number of esters is 3. The van der Waals surface area contributed by atoms with Gasteiger partial charge in [-0.3, -0.25) is 32.5 Å². The minimum absolute atomic E-state index is 0.0812. The molecule has 4 N–H and O–H groups in total. The second-order valence-electron chi connectivity index (χ2n) is 33.2. The van der Waals surface area contributed by atoms with E-state index in [0.717, 1.165) is 167 Å². The minimum atomic E-state index is -4.95. The third-order valence-electron chi connectivity index (χ3n) is 21.1. The SMILES string of the molecule is CC/C=C\C/C=C\C/C=C\C/C=C\C/C=C\C/C=C\CCCCCCCCCCCCCCCCCCC(=O)OCC(O)COP(=O)(O)OCC(O)COP(=O)(O)OCC(COC(=O)CCCCCCCCCCCCCCCCCCC/C=C\C/C=C\C/C=C\C/C=C\C/C=C\CC)OC(=O)CCCCCCC/C=C\C/C=C\C/C=C\C/C=C\CCCCC. The largest absolute Gasteiger partial charge is 0.472 e. The highest BCUT2D eigenvalue weighted by Gasteiger charge is 2.30. The lowest BCUT2D eigenvalue weighted by Crippen LogP contribution is -2.30. The van der Waals surface area contributed by atoms with Crippen molar-refractivity contribution in [1.29, 1.82) is 0 Å². The number of allylic oxidation sites excluding steroid dienone is 30. The topological polar surface area (TPSA) is 231 Å². The first kappa shape index (κ1) is 120. The van der Waals surface area contributed by atoms with Gasteiger partial charge in [-0.2, -0.15) is 0 Å². The predicted octanol–water partition coefficient (Wildman–Crippen LogP) is 31.6.